The van der Waals surface area contributed by atoms with Crippen molar-refractivity contribution in [3.8, 4) is 5.75 Å². The van der Waals surface area contributed by atoms with Gasteiger partial charge in [0, 0.05) is 12.0 Å². The van der Waals surface area contributed by atoms with Gasteiger partial charge in [0.05, 0.1) is 6.61 Å². The van der Waals surface area contributed by atoms with Gasteiger partial charge in [-0.15, -0.1) is 0 Å². The third-order valence-corrected chi connectivity index (χ3v) is 2.53. The molecule has 1 aliphatic rings. The van der Waals surface area contributed by atoms with Crippen LogP contribution in [0.15, 0.2) is 12.1 Å². The summed E-state index contributed by atoms with van der Waals surface area (Å²) in [6.45, 7) is 7.10. The Bertz CT molecular complexity index is 377. The van der Waals surface area contributed by atoms with Gasteiger partial charge in [-0.2, -0.15) is 0 Å². The van der Waals surface area contributed by atoms with Crippen molar-refractivity contribution < 1.29 is 9.13 Å². The molecule has 0 bridgehead atoms. The fraction of sp³-hybridized carbons (Fsp3) is 0.538. The molecule has 2 heteroatoms. The molecule has 0 aliphatic carbocycles. The second-order valence-electron chi connectivity index (χ2n) is 5.40. The molecule has 15 heavy (non-hydrogen) atoms. The van der Waals surface area contributed by atoms with E-state index >= 15 is 0 Å². The smallest absolute Gasteiger partial charge is 0.165 e. The van der Waals surface area contributed by atoms with Crippen LogP contribution in [0.5, 0.6) is 5.75 Å². The maximum absolute atomic E-state index is 13.6. The van der Waals surface area contributed by atoms with E-state index in [1.807, 2.05) is 0 Å². The predicted octanol–water partition coefficient (Wildman–Crippen LogP) is 3.35. The van der Waals surface area contributed by atoms with Crippen LogP contribution in [0.3, 0.4) is 0 Å². The van der Waals surface area contributed by atoms with Crippen molar-refractivity contribution in [1.29, 1.82) is 0 Å². The minimum absolute atomic E-state index is 0.195. The number of fused-ring (bicyclic) bond motifs is 1. The van der Waals surface area contributed by atoms with Crippen LogP contribution in [-0.2, 0) is 12.8 Å². The van der Waals surface area contributed by atoms with E-state index in [1.165, 1.54) is 0 Å². The molecule has 0 spiro atoms. The number of halogens is 1. The van der Waals surface area contributed by atoms with E-state index in [1.54, 1.807) is 6.07 Å². The molecule has 0 amide bonds. The van der Waals surface area contributed by atoms with Crippen molar-refractivity contribution in [2.45, 2.75) is 33.6 Å². The molecule has 82 valence electrons. The van der Waals surface area contributed by atoms with Crippen LogP contribution in [0.25, 0.3) is 0 Å². The van der Waals surface area contributed by atoms with Gasteiger partial charge in [-0.25, -0.2) is 4.39 Å². The maximum atomic E-state index is 13.6. The molecule has 0 saturated carbocycles. The predicted molar refractivity (Wildman–Crippen MR) is 58.8 cm³/mol. The summed E-state index contributed by atoms with van der Waals surface area (Å²) in [5.41, 5.74) is 2.29. The van der Waals surface area contributed by atoms with Crippen LogP contribution < -0.4 is 4.74 Å². The molecule has 2 rings (SSSR count). The van der Waals surface area contributed by atoms with Crippen LogP contribution in [-0.4, -0.2) is 6.61 Å². The summed E-state index contributed by atoms with van der Waals surface area (Å²) in [5.74, 6) is 0.261. The highest BCUT2D eigenvalue weighted by molar-refractivity contribution is 5.41. The number of rotatable bonds is 1. The fourth-order valence-corrected chi connectivity index (χ4v) is 2.04. The topological polar surface area (TPSA) is 9.23 Å². The summed E-state index contributed by atoms with van der Waals surface area (Å²) in [5, 5.41) is 0. The summed E-state index contributed by atoms with van der Waals surface area (Å²) < 4.78 is 18.8. The van der Waals surface area contributed by atoms with Crippen molar-refractivity contribution in [3.63, 3.8) is 0 Å². The first-order valence-electron chi connectivity index (χ1n) is 5.40. The summed E-state index contributed by atoms with van der Waals surface area (Å²) in [7, 11) is 0. The molecule has 0 aromatic heterocycles. The van der Waals surface area contributed by atoms with Crippen molar-refractivity contribution >= 4 is 0 Å². The Morgan fingerprint density at radius 2 is 2.07 bits per heavy atom. The van der Waals surface area contributed by atoms with Crippen molar-refractivity contribution in [3.05, 3.63) is 29.1 Å². The molecule has 0 atom stereocenters. The third-order valence-electron chi connectivity index (χ3n) is 2.53. The third kappa shape index (κ3) is 2.31. The van der Waals surface area contributed by atoms with E-state index in [2.05, 4.69) is 26.8 Å². The average molecular weight is 208 g/mol. The van der Waals surface area contributed by atoms with Gasteiger partial charge in [0.1, 0.15) is 0 Å². The second-order valence-corrected chi connectivity index (χ2v) is 5.40. The summed E-state index contributed by atoms with van der Waals surface area (Å²) in [6.07, 6.45) is 1.74. The molecular formula is C13H17FO. The van der Waals surface area contributed by atoms with Crippen molar-refractivity contribution in [2.75, 3.05) is 6.61 Å². The second kappa shape index (κ2) is 3.51. The van der Waals surface area contributed by atoms with E-state index < -0.39 is 0 Å². The van der Waals surface area contributed by atoms with Gasteiger partial charge in [0.15, 0.2) is 11.6 Å². The standard InChI is InChI=1S/C13H17FO/c1-13(2,3)8-9-6-10-4-5-15-12(10)11(14)7-9/h6-7H,4-5,8H2,1-3H3. The molecule has 0 fully saturated rings. The van der Waals surface area contributed by atoms with Gasteiger partial charge < -0.3 is 4.74 Å². The molecule has 1 heterocycles. The van der Waals surface area contributed by atoms with E-state index in [0.29, 0.717) is 12.4 Å². The zero-order chi connectivity index (χ0) is 11.1. The Labute approximate surface area is 90.3 Å². The number of hydrogen-bond acceptors (Lipinski definition) is 1. The van der Waals surface area contributed by atoms with Crippen molar-refractivity contribution in [2.24, 2.45) is 5.41 Å². The number of hydrogen-bond donors (Lipinski definition) is 0. The molecule has 1 aliphatic heterocycles. The average Bonchev–Trinajstić information content (AvgIpc) is 2.48. The van der Waals surface area contributed by atoms with E-state index in [0.717, 1.165) is 24.0 Å². The number of benzene rings is 1. The maximum Gasteiger partial charge on any atom is 0.165 e. The molecule has 1 aromatic carbocycles. The highest BCUT2D eigenvalue weighted by atomic mass is 19.1. The van der Waals surface area contributed by atoms with Crippen LogP contribution in [0, 0.1) is 11.2 Å². The van der Waals surface area contributed by atoms with Crippen LogP contribution in [0.4, 0.5) is 4.39 Å². The Hall–Kier alpha value is -1.05. The summed E-state index contributed by atoms with van der Waals surface area (Å²) in [6, 6.07) is 3.69. The van der Waals surface area contributed by atoms with E-state index in [4.69, 9.17) is 4.74 Å². The van der Waals surface area contributed by atoms with Gasteiger partial charge >= 0.3 is 0 Å². The highest BCUT2D eigenvalue weighted by Gasteiger charge is 2.20. The zero-order valence-electron chi connectivity index (χ0n) is 9.56. The summed E-state index contributed by atoms with van der Waals surface area (Å²) in [4.78, 5) is 0. The van der Waals surface area contributed by atoms with E-state index in [-0.39, 0.29) is 11.2 Å². The van der Waals surface area contributed by atoms with Gasteiger partial charge in [-0.3, -0.25) is 0 Å². The molecule has 1 nitrogen and oxygen atoms in total. The SMILES string of the molecule is CC(C)(C)Cc1cc(F)c2c(c1)CCO2. The Morgan fingerprint density at radius 1 is 1.33 bits per heavy atom. The Kier molecular flexibility index (Phi) is 2.45. The number of ether oxygens (including phenoxy) is 1. The van der Waals surface area contributed by atoms with Gasteiger partial charge in [-0.05, 0) is 23.5 Å². The molecule has 0 N–H and O–H groups in total. The molecule has 1 aromatic rings. The molecule has 0 unspecified atom stereocenters. The Balaban J connectivity index is 2.32. The lowest BCUT2D eigenvalue weighted by molar-refractivity contribution is 0.338. The quantitative estimate of drug-likeness (QED) is 0.687. The first-order valence-corrected chi connectivity index (χ1v) is 5.40. The van der Waals surface area contributed by atoms with Crippen LogP contribution >= 0.6 is 0 Å². The fourth-order valence-electron chi connectivity index (χ4n) is 2.04. The largest absolute Gasteiger partial charge is 0.490 e. The molecular weight excluding hydrogens is 191 g/mol. The van der Waals surface area contributed by atoms with Crippen molar-refractivity contribution in [1.82, 2.24) is 0 Å². The molecule has 0 saturated heterocycles. The highest BCUT2D eigenvalue weighted by Crippen LogP contribution is 2.31. The van der Waals surface area contributed by atoms with Gasteiger partial charge in [0.25, 0.3) is 0 Å². The lowest BCUT2D eigenvalue weighted by atomic mass is 9.87. The monoisotopic (exact) mass is 208 g/mol. The minimum Gasteiger partial charge on any atom is -0.490 e. The van der Waals surface area contributed by atoms with E-state index in [9.17, 15) is 4.39 Å². The van der Waals surface area contributed by atoms with Gasteiger partial charge in [-0.1, -0.05) is 26.8 Å². The normalized spacial score (nSPS) is 14.9. The first-order chi connectivity index (χ1) is 6.96. The minimum atomic E-state index is -0.204. The first kappa shape index (κ1) is 10.5. The van der Waals surface area contributed by atoms with Crippen LogP contribution in [0.1, 0.15) is 31.9 Å². The van der Waals surface area contributed by atoms with Gasteiger partial charge in [0.2, 0.25) is 0 Å². The molecule has 0 radical (unpaired) electrons. The van der Waals surface area contributed by atoms with Crippen LogP contribution in [0.2, 0.25) is 0 Å². The lowest BCUT2D eigenvalue weighted by Gasteiger charge is -2.18. The zero-order valence-corrected chi connectivity index (χ0v) is 9.56. The summed E-state index contributed by atoms with van der Waals surface area (Å²) >= 11 is 0. The Morgan fingerprint density at radius 3 is 2.73 bits per heavy atom. The lowest BCUT2D eigenvalue weighted by Crippen LogP contribution is -2.09.